The average molecular weight is 323 g/mol. The van der Waals surface area contributed by atoms with Crippen LogP contribution in [-0.4, -0.2) is 22.2 Å². The van der Waals surface area contributed by atoms with Crippen LogP contribution < -0.4 is 11.5 Å². The van der Waals surface area contributed by atoms with Gasteiger partial charge in [-0.3, -0.25) is 9.59 Å². The first-order valence-electron chi connectivity index (χ1n) is 6.07. The summed E-state index contributed by atoms with van der Waals surface area (Å²) in [4.78, 5) is 26.9. The molecule has 5 nitrogen and oxygen atoms in total. The Morgan fingerprint density at radius 2 is 1.86 bits per heavy atom. The minimum absolute atomic E-state index is 0.0557. The predicted octanol–water partition coefficient (Wildman–Crippen LogP) is 1.88. The number of rotatable bonds is 5. The van der Waals surface area contributed by atoms with Crippen molar-refractivity contribution >= 4 is 23.0 Å². The molecule has 0 aliphatic carbocycles. The largest absolute Gasteiger partial charge is 0.443 e. The summed E-state index contributed by atoms with van der Waals surface area (Å²) >= 11 is 0.172. The molecule has 0 saturated heterocycles. The molecule has 0 unspecified atom stereocenters. The molecule has 4 N–H and O–H groups in total. The van der Waals surface area contributed by atoms with Crippen molar-refractivity contribution in [2.24, 2.45) is 17.4 Å². The minimum atomic E-state index is -4.66. The Kier molecular flexibility index (Phi) is 4.79. The zero-order valence-corrected chi connectivity index (χ0v) is 12.6. The number of Topliss-reactive ketones (excluding diaryl/α,β-unsaturated/α-hetero) is 1. The first-order chi connectivity index (χ1) is 9.39. The van der Waals surface area contributed by atoms with E-state index in [0.717, 1.165) is 0 Å². The molecule has 1 aromatic heterocycles. The van der Waals surface area contributed by atoms with Gasteiger partial charge >= 0.3 is 6.18 Å². The Morgan fingerprint density at radius 1 is 1.33 bits per heavy atom. The monoisotopic (exact) mass is 323 g/mol. The second-order valence-electron chi connectivity index (χ2n) is 5.19. The van der Waals surface area contributed by atoms with E-state index in [1.165, 1.54) is 6.92 Å². The SMILES string of the molecule is Cc1nc(C(F)(F)F)sc1C(=O)[C@](N)(CC(C)C)C(N)=O. The van der Waals surface area contributed by atoms with Gasteiger partial charge in [0.25, 0.3) is 0 Å². The highest BCUT2D eigenvalue weighted by Gasteiger charge is 2.44. The lowest BCUT2D eigenvalue weighted by atomic mass is 9.84. The van der Waals surface area contributed by atoms with Crippen LogP contribution in [0.3, 0.4) is 0 Å². The topological polar surface area (TPSA) is 99.1 Å². The van der Waals surface area contributed by atoms with Crippen molar-refractivity contribution in [3.8, 4) is 0 Å². The van der Waals surface area contributed by atoms with Gasteiger partial charge in [-0.1, -0.05) is 13.8 Å². The Bertz CT molecular complexity index is 569. The van der Waals surface area contributed by atoms with Crippen LogP contribution in [-0.2, 0) is 11.0 Å². The molecule has 0 aliphatic heterocycles. The zero-order valence-electron chi connectivity index (χ0n) is 11.7. The van der Waals surface area contributed by atoms with Crippen LogP contribution in [0.4, 0.5) is 13.2 Å². The molecule has 9 heteroatoms. The van der Waals surface area contributed by atoms with Crippen LogP contribution in [0.2, 0.25) is 0 Å². The number of nitrogens with zero attached hydrogens (tertiary/aromatic N) is 1. The smallest absolute Gasteiger partial charge is 0.368 e. The van der Waals surface area contributed by atoms with Crippen LogP contribution in [0.25, 0.3) is 0 Å². The summed E-state index contributed by atoms with van der Waals surface area (Å²) in [5.41, 5.74) is 8.81. The normalized spacial score (nSPS) is 15.0. The maximum absolute atomic E-state index is 12.6. The highest BCUT2D eigenvalue weighted by atomic mass is 32.1. The molecule has 0 saturated carbocycles. The van der Waals surface area contributed by atoms with Crippen molar-refractivity contribution in [3.05, 3.63) is 15.6 Å². The number of nitrogens with two attached hydrogens (primary N) is 2. The summed E-state index contributed by atoms with van der Waals surface area (Å²) in [5.74, 6) is -2.13. The summed E-state index contributed by atoms with van der Waals surface area (Å²) in [6.07, 6.45) is -4.71. The number of alkyl halides is 3. The van der Waals surface area contributed by atoms with E-state index in [0.29, 0.717) is 0 Å². The molecule has 1 rings (SSSR count). The third-order valence-corrected chi connectivity index (χ3v) is 4.02. The summed E-state index contributed by atoms with van der Waals surface area (Å²) in [7, 11) is 0. The molecule has 0 radical (unpaired) electrons. The van der Waals surface area contributed by atoms with E-state index >= 15 is 0 Å². The van der Waals surface area contributed by atoms with Gasteiger partial charge in [0, 0.05) is 0 Å². The van der Waals surface area contributed by atoms with E-state index in [1.807, 2.05) is 0 Å². The number of aromatic nitrogens is 1. The van der Waals surface area contributed by atoms with E-state index in [1.54, 1.807) is 13.8 Å². The van der Waals surface area contributed by atoms with Crippen molar-refractivity contribution in [1.82, 2.24) is 4.98 Å². The van der Waals surface area contributed by atoms with Gasteiger partial charge in [-0.2, -0.15) is 13.2 Å². The van der Waals surface area contributed by atoms with E-state index in [2.05, 4.69) is 4.98 Å². The van der Waals surface area contributed by atoms with Crippen LogP contribution in [0.15, 0.2) is 0 Å². The molecule has 1 aromatic rings. The standard InChI is InChI=1S/C12H16F3N3O2S/c1-5(2)4-11(17,9(16)20)8(19)7-6(3)18-10(21-7)12(13,14)15/h5H,4,17H2,1-3H3,(H2,16,20)/t11-/m1/s1. The van der Waals surface area contributed by atoms with Gasteiger partial charge in [-0.15, -0.1) is 11.3 Å². The first-order valence-corrected chi connectivity index (χ1v) is 6.89. The lowest BCUT2D eigenvalue weighted by molar-refractivity contribution is -0.137. The molecule has 0 fully saturated rings. The highest BCUT2D eigenvalue weighted by molar-refractivity contribution is 7.14. The molecule has 21 heavy (non-hydrogen) atoms. The molecule has 1 heterocycles. The number of amides is 1. The number of ketones is 1. The number of thiazole rings is 1. The van der Waals surface area contributed by atoms with Crippen molar-refractivity contribution in [2.75, 3.05) is 0 Å². The minimum Gasteiger partial charge on any atom is -0.368 e. The van der Waals surface area contributed by atoms with E-state index in [9.17, 15) is 22.8 Å². The second kappa shape index (κ2) is 5.72. The molecule has 1 atom stereocenters. The predicted molar refractivity (Wildman–Crippen MR) is 71.8 cm³/mol. The van der Waals surface area contributed by atoms with Gasteiger partial charge in [-0.25, -0.2) is 4.98 Å². The summed E-state index contributed by atoms with van der Waals surface area (Å²) in [6.45, 7) is 4.70. The van der Waals surface area contributed by atoms with Gasteiger partial charge in [0.05, 0.1) is 10.6 Å². The van der Waals surface area contributed by atoms with Gasteiger partial charge in [0.2, 0.25) is 11.7 Å². The second-order valence-corrected chi connectivity index (χ2v) is 6.19. The number of carbonyl (C=O) groups is 2. The van der Waals surface area contributed by atoms with E-state index < -0.39 is 28.4 Å². The molecule has 118 valence electrons. The molecule has 0 aliphatic rings. The summed E-state index contributed by atoms with van der Waals surface area (Å²) < 4.78 is 37.9. The van der Waals surface area contributed by atoms with Crippen LogP contribution in [0.1, 0.15) is 40.6 Å². The highest BCUT2D eigenvalue weighted by Crippen LogP contribution is 2.35. The molecular weight excluding hydrogens is 307 g/mol. The Hall–Kier alpha value is -1.48. The Morgan fingerprint density at radius 3 is 2.19 bits per heavy atom. The lowest BCUT2D eigenvalue weighted by Crippen LogP contribution is -2.58. The number of halogens is 3. The maximum atomic E-state index is 12.6. The quantitative estimate of drug-likeness (QED) is 0.638. The van der Waals surface area contributed by atoms with Crippen LogP contribution in [0, 0.1) is 12.8 Å². The van der Waals surface area contributed by atoms with Crippen molar-refractivity contribution in [2.45, 2.75) is 38.9 Å². The number of aryl methyl sites for hydroxylation is 1. The van der Waals surface area contributed by atoms with Crippen LogP contribution in [0.5, 0.6) is 0 Å². The number of primary amides is 1. The van der Waals surface area contributed by atoms with Gasteiger partial charge < -0.3 is 11.5 Å². The molecular formula is C12H16F3N3O2S. The third-order valence-electron chi connectivity index (χ3n) is 2.82. The average Bonchev–Trinajstić information content (AvgIpc) is 2.68. The molecule has 0 aromatic carbocycles. The first kappa shape index (κ1) is 17.6. The Balaban J connectivity index is 3.29. The number of hydrogen-bond donors (Lipinski definition) is 2. The van der Waals surface area contributed by atoms with E-state index in [-0.39, 0.29) is 34.2 Å². The van der Waals surface area contributed by atoms with Gasteiger partial charge in [0.1, 0.15) is 0 Å². The fourth-order valence-corrected chi connectivity index (χ4v) is 2.84. The van der Waals surface area contributed by atoms with Gasteiger partial charge in [0.15, 0.2) is 10.5 Å². The number of carbonyl (C=O) groups excluding carboxylic acids is 2. The fraction of sp³-hybridized carbons (Fsp3) is 0.583. The van der Waals surface area contributed by atoms with E-state index in [4.69, 9.17) is 11.5 Å². The van der Waals surface area contributed by atoms with Crippen molar-refractivity contribution < 1.29 is 22.8 Å². The lowest BCUT2D eigenvalue weighted by Gasteiger charge is -2.25. The molecule has 0 bridgehead atoms. The summed E-state index contributed by atoms with van der Waals surface area (Å²) in [5, 5.41) is -1.15. The third kappa shape index (κ3) is 3.59. The number of hydrogen-bond acceptors (Lipinski definition) is 5. The molecule has 1 amide bonds. The van der Waals surface area contributed by atoms with Crippen molar-refractivity contribution in [1.29, 1.82) is 0 Å². The zero-order chi connectivity index (χ0) is 16.6. The maximum Gasteiger partial charge on any atom is 0.443 e. The van der Waals surface area contributed by atoms with Crippen molar-refractivity contribution in [3.63, 3.8) is 0 Å². The summed E-state index contributed by atoms with van der Waals surface area (Å²) in [6, 6.07) is 0. The van der Waals surface area contributed by atoms with Gasteiger partial charge in [-0.05, 0) is 19.3 Å². The fourth-order valence-electron chi connectivity index (χ4n) is 1.88. The Labute approximate surface area is 123 Å². The van der Waals surface area contributed by atoms with Crippen LogP contribution >= 0.6 is 11.3 Å². The molecule has 0 spiro atoms.